The summed E-state index contributed by atoms with van der Waals surface area (Å²) in [6.45, 7) is 7.19. The van der Waals surface area contributed by atoms with E-state index in [0.717, 1.165) is 26.3 Å². The van der Waals surface area contributed by atoms with Crippen molar-refractivity contribution in [1.82, 2.24) is 15.0 Å². The van der Waals surface area contributed by atoms with E-state index in [0.29, 0.717) is 5.89 Å². The highest BCUT2D eigenvalue weighted by molar-refractivity contribution is 4.97. The predicted molar refractivity (Wildman–Crippen MR) is 49.7 cm³/mol. The Morgan fingerprint density at radius 1 is 1.50 bits per heavy atom. The van der Waals surface area contributed by atoms with Crippen LogP contribution in [-0.4, -0.2) is 41.3 Å². The van der Waals surface area contributed by atoms with Gasteiger partial charge in [0.15, 0.2) is 6.30 Å². The Labute approximate surface area is 84.4 Å². The van der Waals surface area contributed by atoms with E-state index < -0.39 is 0 Å². The van der Waals surface area contributed by atoms with Gasteiger partial charge >= 0.3 is 0 Å². The average molecular weight is 198 g/mol. The highest BCUT2D eigenvalue weighted by atomic mass is 16.5. The second kappa shape index (κ2) is 3.67. The largest absolute Gasteiger partial charge is 0.379 e. The van der Waals surface area contributed by atoms with Crippen molar-refractivity contribution in [3.8, 4) is 0 Å². The van der Waals surface area contributed by atoms with Crippen molar-refractivity contribution in [2.45, 2.75) is 19.4 Å². The number of morpholine rings is 1. The van der Waals surface area contributed by atoms with Crippen molar-refractivity contribution in [2.24, 2.45) is 0 Å². The summed E-state index contributed by atoms with van der Waals surface area (Å²) in [7, 11) is 0. The lowest BCUT2D eigenvalue weighted by Crippen LogP contribution is -2.48. The number of hydrogen-bond acceptors (Lipinski definition) is 5. The zero-order valence-electron chi connectivity index (χ0n) is 9.49. The fourth-order valence-electron chi connectivity index (χ4n) is 1.66. The third-order valence-electron chi connectivity index (χ3n) is 2.65. The summed E-state index contributed by atoms with van der Waals surface area (Å²) in [5.41, 5.74) is -0.323. The van der Waals surface area contributed by atoms with Crippen LogP contribution in [0.2, 0.25) is 0 Å². The van der Waals surface area contributed by atoms with Crippen LogP contribution in [0.4, 0.5) is 0 Å². The molecule has 0 aromatic carbocycles. The van der Waals surface area contributed by atoms with Gasteiger partial charge < -0.3 is 9.26 Å². The zero-order chi connectivity index (χ0) is 10.9. The Morgan fingerprint density at radius 2 is 2.21 bits per heavy atom. The molecule has 14 heavy (non-hydrogen) atoms. The summed E-state index contributed by atoms with van der Waals surface area (Å²) in [5, 5.41) is 3.50. The lowest BCUT2D eigenvalue weighted by molar-refractivity contribution is -0.0224. The molecule has 0 amide bonds. The van der Waals surface area contributed by atoms with Crippen molar-refractivity contribution < 1.29 is 10.6 Å². The summed E-state index contributed by atoms with van der Waals surface area (Å²) in [6.07, 6.45) is -0.0636. The number of aromatic nitrogens is 2. The molecule has 1 saturated heterocycles. The summed E-state index contributed by atoms with van der Waals surface area (Å²) in [5.74, 6) is 0.495. The molecule has 0 N–H and O–H groups in total. The van der Waals surface area contributed by atoms with Crippen molar-refractivity contribution >= 4 is 0 Å². The van der Waals surface area contributed by atoms with Crippen molar-refractivity contribution in [2.75, 3.05) is 26.3 Å². The first-order valence-corrected chi connectivity index (χ1v) is 4.74. The topological polar surface area (TPSA) is 51.4 Å². The summed E-state index contributed by atoms with van der Waals surface area (Å²) in [4.78, 5) is 6.19. The Bertz CT molecular complexity index is 334. The molecule has 1 aromatic rings. The first-order valence-electron chi connectivity index (χ1n) is 5.24. The van der Waals surface area contributed by atoms with E-state index in [1.165, 1.54) is 0 Å². The van der Waals surface area contributed by atoms with Gasteiger partial charge in [0.05, 0.1) is 18.8 Å². The van der Waals surface area contributed by atoms with Gasteiger partial charge in [0.25, 0.3) is 0 Å². The smallest absolute Gasteiger partial charge is 0.246 e. The Morgan fingerprint density at radius 3 is 2.79 bits per heavy atom. The standard InChI is InChI=1S/C9H15N3O2/c1-9(2,8-10-7-11-14-8)12-3-5-13-6-4-12/h7H,3-6H2,1-2H3/i7D. The number of hydrogen-bond donors (Lipinski definition) is 0. The molecular formula is C9H15N3O2. The van der Waals surface area contributed by atoms with Crippen LogP contribution in [0.25, 0.3) is 0 Å². The first-order chi connectivity index (χ1) is 7.10. The van der Waals surface area contributed by atoms with E-state index >= 15 is 0 Å². The molecule has 2 heterocycles. The number of ether oxygens (including phenoxy) is 1. The minimum atomic E-state index is -0.323. The molecule has 5 heteroatoms. The fourth-order valence-corrected chi connectivity index (χ4v) is 1.66. The summed E-state index contributed by atoms with van der Waals surface area (Å²) in [6, 6.07) is 0. The molecule has 0 bridgehead atoms. The van der Waals surface area contributed by atoms with Gasteiger partial charge in [0, 0.05) is 13.1 Å². The van der Waals surface area contributed by atoms with Crippen LogP contribution in [0.15, 0.2) is 10.8 Å². The van der Waals surface area contributed by atoms with E-state index in [-0.39, 0.29) is 11.8 Å². The molecule has 0 spiro atoms. The number of rotatable bonds is 2. The first kappa shape index (κ1) is 8.38. The maximum absolute atomic E-state index is 7.25. The summed E-state index contributed by atoms with van der Waals surface area (Å²) >= 11 is 0. The van der Waals surface area contributed by atoms with Gasteiger partial charge in [-0.05, 0) is 13.8 Å². The van der Waals surface area contributed by atoms with E-state index in [2.05, 4.69) is 15.0 Å². The van der Waals surface area contributed by atoms with Crippen LogP contribution >= 0.6 is 0 Å². The molecule has 2 rings (SSSR count). The van der Waals surface area contributed by atoms with E-state index in [9.17, 15) is 0 Å². The van der Waals surface area contributed by atoms with Crippen molar-refractivity contribution in [3.63, 3.8) is 0 Å². The monoisotopic (exact) mass is 198 g/mol. The lowest BCUT2D eigenvalue weighted by atomic mass is 10.0. The van der Waals surface area contributed by atoms with Gasteiger partial charge in [-0.2, -0.15) is 4.98 Å². The molecule has 78 valence electrons. The molecule has 0 atom stereocenters. The van der Waals surface area contributed by atoms with Gasteiger partial charge in [-0.3, -0.25) is 4.90 Å². The zero-order valence-corrected chi connectivity index (χ0v) is 8.49. The highest BCUT2D eigenvalue weighted by Crippen LogP contribution is 2.26. The predicted octanol–water partition coefficient (Wildman–Crippen LogP) is 0.637. The summed E-state index contributed by atoms with van der Waals surface area (Å²) < 4.78 is 17.6. The molecule has 1 aliphatic heterocycles. The van der Waals surface area contributed by atoms with Crippen LogP contribution in [0.3, 0.4) is 0 Å². The number of nitrogens with zero attached hydrogens (tertiary/aromatic N) is 3. The fraction of sp³-hybridized carbons (Fsp3) is 0.778. The van der Waals surface area contributed by atoms with Gasteiger partial charge in [0.2, 0.25) is 5.89 Å². The molecule has 0 unspecified atom stereocenters. The minimum Gasteiger partial charge on any atom is -0.379 e. The van der Waals surface area contributed by atoms with E-state index in [1.807, 2.05) is 13.8 Å². The van der Waals surface area contributed by atoms with Crippen LogP contribution < -0.4 is 0 Å². The van der Waals surface area contributed by atoms with Gasteiger partial charge in [-0.25, -0.2) is 0 Å². The van der Waals surface area contributed by atoms with Crippen LogP contribution in [0.5, 0.6) is 0 Å². The Hall–Kier alpha value is -0.940. The molecule has 0 saturated carbocycles. The van der Waals surface area contributed by atoms with Crippen molar-refractivity contribution in [3.05, 3.63) is 12.2 Å². The van der Waals surface area contributed by atoms with Gasteiger partial charge in [0.1, 0.15) is 1.37 Å². The second-order valence-corrected chi connectivity index (χ2v) is 3.86. The maximum Gasteiger partial charge on any atom is 0.246 e. The van der Waals surface area contributed by atoms with E-state index in [1.54, 1.807) is 0 Å². The maximum atomic E-state index is 7.25. The molecule has 0 aliphatic carbocycles. The molecule has 1 fully saturated rings. The molecule has 5 nitrogen and oxygen atoms in total. The minimum absolute atomic E-state index is 0.0636. The SMILES string of the molecule is [2H]c1noc(C(C)(C)N2CCOCC2)n1. The average Bonchev–Trinajstić information content (AvgIpc) is 2.67. The quantitative estimate of drug-likeness (QED) is 0.698. The highest BCUT2D eigenvalue weighted by Gasteiger charge is 2.34. The molecule has 1 aromatic heterocycles. The second-order valence-electron chi connectivity index (χ2n) is 3.86. The van der Waals surface area contributed by atoms with Gasteiger partial charge in [-0.15, -0.1) is 0 Å². The third kappa shape index (κ3) is 1.65. The Balaban J connectivity index is 2.17. The molecule has 1 aliphatic rings. The lowest BCUT2D eigenvalue weighted by Gasteiger charge is -2.37. The van der Waals surface area contributed by atoms with Crippen LogP contribution in [0.1, 0.15) is 21.1 Å². The third-order valence-corrected chi connectivity index (χ3v) is 2.65. The van der Waals surface area contributed by atoms with E-state index in [4.69, 9.17) is 10.6 Å². The van der Waals surface area contributed by atoms with Crippen molar-refractivity contribution in [1.29, 1.82) is 0 Å². The Kier molecular flexibility index (Phi) is 2.19. The van der Waals surface area contributed by atoms with Crippen LogP contribution in [0, 0.1) is 0 Å². The molecular weight excluding hydrogens is 182 g/mol. The normalized spacial score (nSPS) is 20.9. The van der Waals surface area contributed by atoms with Gasteiger partial charge in [-0.1, -0.05) is 5.16 Å². The van der Waals surface area contributed by atoms with Crippen LogP contribution in [-0.2, 0) is 10.3 Å². The molecule has 0 radical (unpaired) electrons.